The molecule has 6 nitrogen and oxygen atoms in total. The third-order valence-electron chi connectivity index (χ3n) is 9.07. The van der Waals surface area contributed by atoms with Gasteiger partial charge in [-0.05, 0) is 52.8 Å². The number of imidazole rings is 1. The number of hydrogen-bond acceptors (Lipinski definition) is 3. The lowest BCUT2D eigenvalue weighted by atomic mass is 9.76. The second-order valence-corrected chi connectivity index (χ2v) is 11.7. The number of nitrogens with one attached hydrogen (secondary N) is 1. The molecule has 1 unspecified atom stereocenters. The van der Waals surface area contributed by atoms with Gasteiger partial charge in [-0.1, -0.05) is 133 Å². The predicted octanol–water partition coefficient (Wildman–Crippen LogP) is 7.28. The van der Waals surface area contributed by atoms with Gasteiger partial charge in [0.05, 0.1) is 6.33 Å². The quantitative estimate of drug-likeness (QED) is 0.142. The second kappa shape index (κ2) is 11.5. The molecule has 0 aliphatic carbocycles. The van der Waals surface area contributed by atoms with E-state index in [9.17, 15) is 9.59 Å². The minimum atomic E-state index is -1.14. The van der Waals surface area contributed by atoms with Crippen molar-refractivity contribution < 1.29 is 9.59 Å². The largest absolute Gasteiger partial charge is 0.325 e. The highest BCUT2D eigenvalue weighted by atomic mass is 16.2. The summed E-state index contributed by atoms with van der Waals surface area (Å²) < 4.78 is 2.25. The van der Waals surface area contributed by atoms with Gasteiger partial charge in [0.2, 0.25) is 0 Å². The Hall–Kier alpha value is -5.49. The Morgan fingerprint density at radius 2 is 1.27 bits per heavy atom. The van der Waals surface area contributed by atoms with Crippen molar-refractivity contribution >= 4 is 22.7 Å². The van der Waals surface area contributed by atoms with Gasteiger partial charge in [0.15, 0.2) is 0 Å². The molecule has 1 aliphatic heterocycles. The van der Waals surface area contributed by atoms with Crippen molar-refractivity contribution in [1.29, 1.82) is 0 Å². The van der Waals surface area contributed by atoms with Crippen molar-refractivity contribution in [3.8, 4) is 0 Å². The molecule has 2 heterocycles. The first-order valence-corrected chi connectivity index (χ1v) is 15.3. The number of carbonyl (C=O) groups is 2. The zero-order valence-corrected chi connectivity index (χ0v) is 25.1. The minimum absolute atomic E-state index is 0.232. The number of imide groups is 1. The maximum absolute atomic E-state index is 13.9. The fraction of sp³-hybridized carbons (Fsp3) is 0.154. The summed E-state index contributed by atoms with van der Waals surface area (Å²) in [5, 5.41) is 4.99. The first kappa shape index (κ1) is 28.3. The van der Waals surface area contributed by atoms with Crippen LogP contribution in [0.3, 0.4) is 0 Å². The first-order chi connectivity index (χ1) is 22.0. The molecule has 45 heavy (non-hydrogen) atoms. The minimum Gasteiger partial charge on any atom is -0.319 e. The lowest BCUT2D eigenvalue weighted by molar-refractivity contribution is -0.131. The van der Waals surface area contributed by atoms with E-state index >= 15 is 0 Å². The SMILES string of the molecule is CC1(c2cccc3ccccc23)NC(=O)N(CCCc2cncn2C(c2ccccc2)(c2ccccc2)c2ccccc2)C1=O. The molecule has 1 fully saturated rings. The van der Waals surface area contributed by atoms with Crippen molar-refractivity contribution in [2.45, 2.75) is 30.8 Å². The Morgan fingerprint density at radius 1 is 0.711 bits per heavy atom. The summed E-state index contributed by atoms with van der Waals surface area (Å²) in [6.45, 7) is 2.10. The number of rotatable bonds is 9. The van der Waals surface area contributed by atoms with E-state index in [4.69, 9.17) is 0 Å². The van der Waals surface area contributed by atoms with Gasteiger partial charge in [0.1, 0.15) is 11.1 Å². The van der Waals surface area contributed by atoms with E-state index < -0.39 is 11.1 Å². The molecule has 3 amide bonds. The van der Waals surface area contributed by atoms with Gasteiger partial charge >= 0.3 is 6.03 Å². The molecule has 1 aromatic heterocycles. The molecule has 222 valence electrons. The van der Waals surface area contributed by atoms with Crippen molar-refractivity contribution in [3.05, 3.63) is 174 Å². The number of amides is 3. The number of hydrogen-bond donors (Lipinski definition) is 1. The number of aryl methyl sites for hydroxylation is 1. The van der Waals surface area contributed by atoms with Gasteiger partial charge in [-0.25, -0.2) is 9.78 Å². The Morgan fingerprint density at radius 3 is 1.89 bits per heavy atom. The average Bonchev–Trinajstić information content (AvgIpc) is 3.64. The Kier molecular flexibility index (Phi) is 7.26. The number of fused-ring (bicyclic) bond motifs is 1. The normalized spacial score (nSPS) is 16.7. The van der Waals surface area contributed by atoms with Gasteiger partial charge < -0.3 is 9.88 Å². The third-order valence-corrected chi connectivity index (χ3v) is 9.07. The summed E-state index contributed by atoms with van der Waals surface area (Å²) >= 11 is 0. The van der Waals surface area contributed by atoms with Crippen LogP contribution in [0.4, 0.5) is 4.79 Å². The zero-order valence-electron chi connectivity index (χ0n) is 25.1. The summed E-state index contributed by atoms with van der Waals surface area (Å²) in [6.07, 6.45) is 5.00. The number of urea groups is 1. The van der Waals surface area contributed by atoms with Crippen LogP contribution >= 0.6 is 0 Å². The van der Waals surface area contributed by atoms with Crippen molar-refractivity contribution in [1.82, 2.24) is 19.8 Å². The molecular formula is C39H34N4O2. The van der Waals surface area contributed by atoms with Gasteiger partial charge in [0.25, 0.3) is 5.91 Å². The van der Waals surface area contributed by atoms with Crippen LogP contribution in [-0.4, -0.2) is 32.9 Å². The first-order valence-electron chi connectivity index (χ1n) is 15.3. The molecule has 6 heteroatoms. The third kappa shape index (κ3) is 4.70. The lowest BCUT2D eigenvalue weighted by Crippen LogP contribution is -2.41. The molecule has 1 atom stereocenters. The Balaban J connectivity index is 1.21. The number of benzene rings is 5. The predicted molar refractivity (Wildman–Crippen MR) is 177 cm³/mol. The lowest BCUT2D eigenvalue weighted by Gasteiger charge is -2.38. The molecule has 1 saturated heterocycles. The Labute approximate surface area is 263 Å². The van der Waals surface area contributed by atoms with Crippen LogP contribution in [-0.2, 0) is 22.3 Å². The van der Waals surface area contributed by atoms with E-state index in [0.717, 1.165) is 38.7 Å². The topological polar surface area (TPSA) is 67.2 Å². The van der Waals surface area contributed by atoms with E-state index in [0.29, 0.717) is 19.4 Å². The molecule has 5 aromatic carbocycles. The van der Waals surface area contributed by atoms with Gasteiger partial charge in [-0.3, -0.25) is 9.69 Å². The van der Waals surface area contributed by atoms with Crippen LogP contribution in [0.15, 0.2) is 146 Å². The van der Waals surface area contributed by atoms with Crippen molar-refractivity contribution in [2.75, 3.05) is 6.54 Å². The van der Waals surface area contributed by atoms with Gasteiger partial charge in [0, 0.05) is 18.4 Å². The molecule has 7 rings (SSSR count). The van der Waals surface area contributed by atoms with E-state index in [1.807, 2.05) is 73.2 Å². The van der Waals surface area contributed by atoms with Crippen molar-refractivity contribution in [3.63, 3.8) is 0 Å². The van der Waals surface area contributed by atoms with Crippen LogP contribution in [0, 0.1) is 0 Å². The molecule has 1 aliphatic rings. The highest BCUT2D eigenvalue weighted by molar-refractivity contribution is 6.09. The summed E-state index contributed by atoms with van der Waals surface area (Å²) in [5.74, 6) is -0.232. The highest BCUT2D eigenvalue weighted by Crippen LogP contribution is 2.42. The molecule has 0 saturated carbocycles. The molecular weight excluding hydrogens is 556 g/mol. The second-order valence-electron chi connectivity index (χ2n) is 11.7. The van der Waals surface area contributed by atoms with E-state index in [1.165, 1.54) is 4.90 Å². The molecule has 0 bridgehead atoms. The highest BCUT2D eigenvalue weighted by Gasteiger charge is 2.49. The summed E-state index contributed by atoms with van der Waals surface area (Å²) in [4.78, 5) is 33.1. The van der Waals surface area contributed by atoms with Gasteiger partial charge in [-0.2, -0.15) is 0 Å². The fourth-order valence-corrected chi connectivity index (χ4v) is 6.93. The fourth-order valence-electron chi connectivity index (χ4n) is 6.93. The monoisotopic (exact) mass is 590 g/mol. The van der Waals surface area contributed by atoms with Crippen LogP contribution in [0.5, 0.6) is 0 Å². The summed E-state index contributed by atoms with van der Waals surface area (Å²) in [6, 6.07) is 44.9. The smallest absolute Gasteiger partial charge is 0.319 e. The van der Waals surface area contributed by atoms with Crippen LogP contribution in [0.25, 0.3) is 10.8 Å². The summed E-state index contributed by atoms with van der Waals surface area (Å²) in [5.41, 5.74) is 3.34. The number of nitrogens with zero attached hydrogens (tertiary/aromatic N) is 3. The Bertz CT molecular complexity index is 1870. The van der Waals surface area contributed by atoms with E-state index in [1.54, 1.807) is 6.92 Å². The molecule has 0 spiro atoms. The molecule has 0 radical (unpaired) electrons. The van der Waals surface area contributed by atoms with E-state index in [2.05, 4.69) is 87.7 Å². The summed E-state index contributed by atoms with van der Waals surface area (Å²) in [7, 11) is 0. The maximum atomic E-state index is 13.9. The van der Waals surface area contributed by atoms with Gasteiger partial charge in [-0.15, -0.1) is 0 Å². The maximum Gasteiger partial charge on any atom is 0.325 e. The molecule has 6 aromatic rings. The molecule has 1 N–H and O–H groups in total. The zero-order chi connectivity index (χ0) is 30.9. The average molecular weight is 591 g/mol. The standard InChI is InChI=1S/C39H34N4O2/c1-38(35-25-13-16-29-15-11-12-24-34(29)35)36(44)42(37(45)41-38)26-14-23-33-27-40-28-43(33)39(30-17-5-2-6-18-30,31-19-7-3-8-20-31)32-21-9-4-10-22-32/h2-13,15-22,24-25,27-28H,14,23,26H2,1H3,(H,41,45). The van der Waals surface area contributed by atoms with Crippen molar-refractivity contribution in [2.24, 2.45) is 0 Å². The van der Waals surface area contributed by atoms with Crippen LogP contribution in [0.1, 0.15) is 41.3 Å². The van der Waals surface area contributed by atoms with Crippen LogP contribution in [0.2, 0.25) is 0 Å². The number of carbonyl (C=O) groups excluding carboxylic acids is 2. The number of aromatic nitrogens is 2. The van der Waals surface area contributed by atoms with Crippen LogP contribution < -0.4 is 5.32 Å². The van der Waals surface area contributed by atoms with E-state index in [-0.39, 0.29) is 11.9 Å².